The van der Waals surface area contributed by atoms with Crippen molar-refractivity contribution in [2.24, 2.45) is 11.8 Å². The van der Waals surface area contributed by atoms with Crippen molar-refractivity contribution in [1.29, 1.82) is 0 Å². The van der Waals surface area contributed by atoms with Crippen LogP contribution < -0.4 is 0 Å². The van der Waals surface area contributed by atoms with E-state index < -0.39 is 0 Å². The van der Waals surface area contributed by atoms with Gasteiger partial charge in [0.2, 0.25) is 0 Å². The Bertz CT molecular complexity index is 439. The number of hydrogen-bond donors (Lipinski definition) is 0. The second kappa shape index (κ2) is 6.01. The topological polar surface area (TPSA) is 17.1 Å². The molecule has 98 valence electrons. The summed E-state index contributed by atoms with van der Waals surface area (Å²) in [5, 5.41) is 0. The Balaban J connectivity index is 2.21. The maximum absolute atomic E-state index is 12.6. The van der Waals surface area contributed by atoms with Crippen LogP contribution in [0.15, 0.2) is 22.7 Å². The summed E-state index contributed by atoms with van der Waals surface area (Å²) in [6, 6.07) is 5.97. The highest BCUT2D eigenvalue weighted by Gasteiger charge is 2.30. The Hall–Kier alpha value is -0.630. The standard InChI is InChI=1S/C16H21BrO/c1-3-12-6-4-5-7-14(12)16(18)13-8-9-15(17)11(2)10-13/h8-10,12,14H,3-7H2,1-2H3. The summed E-state index contributed by atoms with van der Waals surface area (Å²) in [6.07, 6.45) is 5.94. The molecule has 1 nitrogen and oxygen atoms in total. The van der Waals surface area contributed by atoms with E-state index in [4.69, 9.17) is 0 Å². The number of rotatable bonds is 3. The van der Waals surface area contributed by atoms with Gasteiger partial charge in [-0.2, -0.15) is 0 Å². The molecule has 0 aromatic heterocycles. The van der Waals surface area contributed by atoms with Crippen LogP contribution in [0.2, 0.25) is 0 Å². The number of Topliss-reactive ketones (excluding diaryl/α,β-unsaturated/α-hetero) is 1. The lowest BCUT2D eigenvalue weighted by atomic mass is 9.74. The Morgan fingerprint density at radius 2 is 2.06 bits per heavy atom. The minimum Gasteiger partial charge on any atom is -0.294 e. The van der Waals surface area contributed by atoms with Crippen LogP contribution in [-0.4, -0.2) is 5.78 Å². The Morgan fingerprint density at radius 1 is 1.33 bits per heavy atom. The van der Waals surface area contributed by atoms with Gasteiger partial charge in [-0.1, -0.05) is 48.2 Å². The zero-order chi connectivity index (χ0) is 13.1. The molecule has 0 heterocycles. The highest BCUT2D eigenvalue weighted by atomic mass is 79.9. The third kappa shape index (κ3) is 2.85. The van der Waals surface area contributed by atoms with Crippen molar-refractivity contribution < 1.29 is 4.79 Å². The summed E-state index contributed by atoms with van der Waals surface area (Å²) in [7, 11) is 0. The Morgan fingerprint density at radius 3 is 2.72 bits per heavy atom. The normalized spacial score (nSPS) is 23.9. The van der Waals surface area contributed by atoms with Crippen LogP contribution in [0.1, 0.15) is 54.9 Å². The van der Waals surface area contributed by atoms with Gasteiger partial charge in [-0.05, 0) is 43.4 Å². The van der Waals surface area contributed by atoms with Crippen molar-refractivity contribution in [3.63, 3.8) is 0 Å². The fraction of sp³-hybridized carbons (Fsp3) is 0.562. The quantitative estimate of drug-likeness (QED) is 0.705. The molecule has 0 saturated heterocycles. The first-order valence-corrected chi connectivity index (χ1v) is 7.73. The molecule has 1 fully saturated rings. The largest absolute Gasteiger partial charge is 0.294 e. The molecule has 0 spiro atoms. The summed E-state index contributed by atoms with van der Waals surface area (Å²) in [5.41, 5.74) is 2.03. The molecular weight excluding hydrogens is 288 g/mol. The molecule has 1 aliphatic rings. The number of carbonyl (C=O) groups excluding carboxylic acids is 1. The molecular formula is C16H21BrO. The molecule has 0 amide bonds. The van der Waals surface area contributed by atoms with Crippen LogP contribution in [0.25, 0.3) is 0 Å². The third-order valence-electron chi connectivity index (χ3n) is 4.21. The number of aryl methyl sites for hydroxylation is 1. The van der Waals surface area contributed by atoms with Gasteiger partial charge in [-0.25, -0.2) is 0 Å². The maximum atomic E-state index is 12.6. The van der Waals surface area contributed by atoms with Gasteiger partial charge in [0.1, 0.15) is 0 Å². The average molecular weight is 309 g/mol. The molecule has 2 rings (SSSR count). The van der Waals surface area contributed by atoms with E-state index in [9.17, 15) is 4.79 Å². The van der Waals surface area contributed by atoms with Gasteiger partial charge in [0.25, 0.3) is 0 Å². The minimum absolute atomic E-state index is 0.254. The molecule has 1 saturated carbocycles. The molecule has 0 bridgehead atoms. The number of ketones is 1. The molecule has 1 aromatic carbocycles. The first-order chi connectivity index (χ1) is 8.63. The van der Waals surface area contributed by atoms with Crippen molar-refractivity contribution in [2.45, 2.75) is 46.0 Å². The van der Waals surface area contributed by atoms with Crippen molar-refractivity contribution >= 4 is 21.7 Å². The van der Waals surface area contributed by atoms with E-state index in [0.29, 0.717) is 11.7 Å². The van der Waals surface area contributed by atoms with E-state index in [-0.39, 0.29) is 5.92 Å². The molecule has 1 aliphatic carbocycles. The number of benzene rings is 1. The zero-order valence-corrected chi connectivity index (χ0v) is 12.8. The molecule has 0 radical (unpaired) electrons. The van der Waals surface area contributed by atoms with E-state index in [2.05, 4.69) is 22.9 Å². The van der Waals surface area contributed by atoms with E-state index >= 15 is 0 Å². The number of halogens is 1. The summed E-state index contributed by atoms with van der Waals surface area (Å²) in [5.74, 6) is 1.21. The van der Waals surface area contributed by atoms with E-state index in [1.165, 1.54) is 19.3 Å². The molecule has 1 aromatic rings. The van der Waals surface area contributed by atoms with Gasteiger partial charge in [-0.15, -0.1) is 0 Å². The van der Waals surface area contributed by atoms with Gasteiger partial charge in [0.05, 0.1) is 0 Å². The summed E-state index contributed by atoms with van der Waals surface area (Å²) < 4.78 is 1.08. The van der Waals surface area contributed by atoms with E-state index in [0.717, 1.165) is 28.4 Å². The highest BCUT2D eigenvalue weighted by molar-refractivity contribution is 9.10. The van der Waals surface area contributed by atoms with Gasteiger partial charge in [0.15, 0.2) is 5.78 Å². The van der Waals surface area contributed by atoms with E-state index in [1.54, 1.807) is 0 Å². The van der Waals surface area contributed by atoms with E-state index in [1.807, 2.05) is 25.1 Å². The number of hydrogen-bond acceptors (Lipinski definition) is 1. The predicted octanol–water partition coefficient (Wildman–Crippen LogP) is 5.16. The molecule has 2 heteroatoms. The van der Waals surface area contributed by atoms with Gasteiger partial charge >= 0.3 is 0 Å². The fourth-order valence-corrected chi connectivity index (χ4v) is 3.30. The summed E-state index contributed by atoms with van der Waals surface area (Å²) in [6.45, 7) is 4.25. The lowest BCUT2D eigenvalue weighted by Gasteiger charge is -2.29. The van der Waals surface area contributed by atoms with Crippen molar-refractivity contribution in [1.82, 2.24) is 0 Å². The first-order valence-electron chi connectivity index (χ1n) is 6.94. The highest BCUT2D eigenvalue weighted by Crippen LogP contribution is 2.34. The third-order valence-corrected chi connectivity index (χ3v) is 5.10. The molecule has 0 aliphatic heterocycles. The smallest absolute Gasteiger partial charge is 0.166 e. The lowest BCUT2D eigenvalue weighted by molar-refractivity contribution is 0.0820. The molecule has 0 N–H and O–H groups in total. The monoisotopic (exact) mass is 308 g/mol. The average Bonchev–Trinajstić information content (AvgIpc) is 2.41. The van der Waals surface area contributed by atoms with Gasteiger partial charge in [-0.3, -0.25) is 4.79 Å². The lowest BCUT2D eigenvalue weighted by Crippen LogP contribution is -2.27. The van der Waals surface area contributed by atoms with Crippen LogP contribution in [0.4, 0.5) is 0 Å². The van der Waals surface area contributed by atoms with Gasteiger partial charge in [0, 0.05) is 16.0 Å². The van der Waals surface area contributed by atoms with Crippen molar-refractivity contribution in [3.8, 4) is 0 Å². The zero-order valence-electron chi connectivity index (χ0n) is 11.2. The number of carbonyl (C=O) groups is 1. The summed E-state index contributed by atoms with van der Waals surface area (Å²) in [4.78, 5) is 12.6. The SMILES string of the molecule is CCC1CCCCC1C(=O)c1ccc(Br)c(C)c1. The van der Waals surface area contributed by atoms with Crippen LogP contribution in [-0.2, 0) is 0 Å². The van der Waals surface area contributed by atoms with Crippen LogP contribution >= 0.6 is 15.9 Å². The van der Waals surface area contributed by atoms with Crippen LogP contribution in [0.3, 0.4) is 0 Å². The molecule has 18 heavy (non-hydrogen) atoms. The fourth-order valence-electron chi connectivity index (χ4n) is 3.05. The Labute approximate surface area is 118 Å². The first kappa shape index (κ1) is 13.8. The predicted molar refractivity (Wildman–Crippen MR) is 78.9 cm³/mol. The second-order valence-corrected chi connectivity index (χ2v) is 6.24. The van der Waals surface area contributed by atoms with Crippen molar-refractivity contribution in [2.75, 3.05) is 0 Å². The molecule has 2 unspecified atom stereocenters. The maximum Gasteiger partial charge on any atom is 0.166 e. The summed E-state index contributed by atoms with van der Waals surface area (Å²) >= 11 is 3.49. The van der Waals surface area contributed by atoms with Crippen LogP contribution in [0.5, 0.6) is 0 Å². The molecule has 2 atom stereocenters. The van der Waals surface area contributed by atoms with Gasteiger partial charge < -0.3 is 0 Å². The van der Waals surface area contributed by atoms with Crippen molar-refractivity contribution in [3.05, 3.63) is 33.8 Å². The van der Waals surface area contributed by atoms with Crippen LogP contribution in [0, 0.1) is 18.8 Å². The minimum atomic E-state index is 0.254. The Kier molecular flexibility index (Phi) is 4.60. The second-order valence-electron chi connectivity index (χ2n) is 5.39.